The van der Waals surface area contributed by atoms with Crippen LogP contribution in [0.25, 0.3) is 0 Å². The minimum Gasteiger partial charge on any atom is -0.373 e. The molecule has 0 amide bonds. The standard InChI is InChI=1S/C16H27N3O/c1-5-20-16(10-8-6-7-9-11-16)15-18-13(3)12(2)14(17-4)19-15/h5-11H2,1-4H3,(H,17,18,19). The molecule has 0 bridgehead atoms. The van der Waals surface area contributed by atoms with Gasteiger partial charge in [0.25, 0.3) is 0 Å². The molecular formula is C16H27N3O. The lowest BCUT2D eigenvalue weighted by Gasteiger charge is -2.31. The van der Waals surface area contributed by atoms with Crippen LogP contribution in [0, 0.1) is 13.8 Å². The highest BCUT2D eigenvalue weighted by Crippen LogP contribution is 2.38. The Hall–Kier alpha value is -1.16. The smallest absolute Gasteiger partial charge is 0.162 e. The summed E-state index contributed by atoms with van der Waals surface area (Å²) in [5.74, 6) is 1.80. The van der Waals surface area contributed by atoms with Crippen molar-refractivity contribution in [2.75, 3.05) is 19.0 Å². The third kappa shape index (κ3) is 2.95. The number of rotatable bonds is 4. The van der Waals surface area contributed by atoms with Crippen molar-refractivity contribution in [3.05, 3.63) is 17.1 Å². The summed E-state index contributed by atoms with van der Waals surface area (Å²) in [6.07, 6.45) is 7.05. The molecule has 0 aromatic carbocycles. The van der Waals surface area contributed by atoms with E-state index in [1.807, 2.05) is 7.05 Å². The summed E-state index contributed by atoms with van der Waals surface area (Å²) in [4.78, 5) is 9.52. The molecule has 0 atom stereocenters. The van der Waals surface area contributed by atoms with E-state index in [9.17, 15) is 0 Å². The molecule has 1 aliphatic carbocycles. The van der Waals surface area contributed by atoms with Crippen LogP contribution in [0.3, 0.4) is 0 Å². The average molecular weight is 277 g/mol. The number of hydrogen-bond acceptors (Lipinski definition) is 4. The van der Waals surface area contributed by atoms with Gasteiger partial charge >= 0.3 is 0 Å². The van der Waals surface area contributed by atoms with E-state index in [1.165, 1.54) is 25.7 Å². The zero-order valence-corrected chi connectivity index (χ0v) is 13.3. The molecule has 0 unspecified atom stereocenters. The molecule has 1 saturated carbocycles. The molecule has 0 radical (unpaired) electrons. The van der Waals surface area contributed by atoms with E-state index in [0.29, 0.717) is 6.61 Å². The van der Waals surface area contributed by atoms with Crippen molar-refractivity contribution in [2.45, 2.75) is 64.9 Å². The SMILES string of the molecule is CCOC1(c2nc(C)c(C)c(NC)n2)CCCCCC1. The number of nitrogens with one attached hydrogen (secondary N) is 1. The summed E-state index contributed by atoms with van der Waals surface area (Å²) in [5, 5.41) is 3.18. The Morgan fingerprint density at radius 1 is 1.10 bits per heavy atom. The predicted octanol–water partition coefficient (Wildman–Crippen LogP) is 3.72. The summed E-state index contributed by atoms with van der Waals surface area (Å²) in [5.41, 5.74) is 1.88. The summed E-state index contributed by atoms with van der Waals surface area (Å²) < 4.78 is 6.18. The van der Waals surface area contributed by atoms with Crippen molar-refractivity contribution < 1.29 is 4.74 Å². The van der Waals surface area contributed by atoms with Gasteiger partial charge in [0.15, 0.2) is 5.82 Å². The summed E-state index contributed by atoms with van der Waals surface area (Å²) >= 11 is 0. The molecule has 1 aliphatic rings. The van der Waals surface area contributed by atoms with Crippen molar-refractivity contribution in [2.24, 2.45) is 0 Å². The molecule has 4 heteroatoms. The van der Waals surface area contributed by atoms with E-state index in [1.54, 1.807) is 0 Å². The first-order valence-corrected chi connectivity index (χ1v) is 7.80. The Morgan fingerprint density at radius 2 is 1.75 bits per heavy atom. The van der Waals surface area contributed by atoms with Crippen LogP contribution in [0.15, 0.2) is 0 Å². The van der Waals surface area contributed by atoms with Crippen LogP contribution in [0.2, 0.25) is 0 Å². The zero-order chi connectivity index (χ0) is 14.6. The maximum atomic E-state index is 6.18. The van der Waals surface area contributed by atoms with Crippen LogP contribution < -0.4 is 5.32 Å². The van der Waals surface area contributed by atoms with Gasteiger partial charge in [0.05, 0.1) is 0 Å². The number of nitrogens with zero attached hydrogens (tertiary/aromatic N) is 2. The van der Waals surface area contributed by atoms with Crippen molar-refractivity contribution in [3.8, 4) is 0 Å². The molecule has 20 heavy (non-hydrogen) atoms. The third-order valence-corrected chi connectivity index (χ3v) is 4.37. The van der Waals surface area contributed by atoms with Crippen molar-refractivity contribution in [3.63, 3.8) is 0 Å². The molecule has 0 saturated heterocycles. The van der Waals surface area contributed by atoms with Gasteiger partial charge in [-0.1, -0.05) is 25.7 Å². The normalized spacial score (nSPS) is 18.6. The maximum absolute atomic E-state index is 6.18. The van der Waals surface area contributed by atoms with Gasteiger partial charge in [-0.25, -0.2) is 9.97 Å². The highest BCUT2D eigenvalue weighted by molar-refractivity contribution is 5.45. The number of hydrogen-bond donors (Lipinski definition) is 1. The topological polar surface area (TPSA) is 47.0 Å². The predicted molar refractivity (Wildman–Crippen MR) is 82.1 cm³/mol. The van der Waals surface area contributed by atoms with Gasteiger partial charge in [0.2, 0.25) is 0 Å². The van der Waals surface area contributed by atoms with E-state index in [0.717, 1.165) is 35.7 Å². The minimum atomic E-state index is -0.282. The van der Waals surface area contributed by atoms with Gasteiger partial charge < -0.3 is 10.1 Å². The van der Waals surface area contributed by atoms with Crippen LogP contribution >= 0.6 is 0 Å². The van der Waals surface area contributed by atoms with Gasteiger partial charge in [-0.15, -0.1) is 0 Å². The highest BCUT2D eigenvalue weighted by atomic mass is 16.5. The van der Waals surface area contributed by atoms with E-state index >= 15 is 0 Å². The Balaban J connectivity index is 2.45. The van der Waals surface area contributed by atoms with Crippen LogP contribution in [-0.4, -0.2) is 23.6 Å². The van der Waals surface area contributed by atoms with E-state index in [-0.39, 0.29) is 5.60 Å². The van der Waals surface area contributed by atoms with Crippen molar-refractivity contribution >= 4 is 5.82 Å². The number of anilines is 1. The maximum Gasteiger partial charge on any atom is 0.162 e. The molecule has 4 nitrogen and oxygen atoms in total. The molecule has 1 aromatic rings. The summed E-state index contributed by atoms with van der Waals surface area (Å²) in [6.45, 7) is 6.89. The monoisotopic (exact) mass is 277 g/mol. The first-order valence-electron chi connectivity index (χ1n) is 7.80. The van der Waals surface area contributed by atoms with Gasteiger partial charge in [-0.3, -0.25) is 0 Å². The Labute approximate surface area is 122 Å². The second kappa shape index (κ2) is 6.53. The lowest BCUT2D eigenvalue weighted by molar-refractivity contribution is -0.0624. The number of aromatic nitrogens is 2. The molecule has 0 spiro atoms. The second-order valence-corrected chi connectivity index (χ2v) is 5.70. The first-order chi connectivity index (χ1) is 9.63. The first kappa shape index (κ1) is 15.2. The highest BCUT2D eigenvalue weighted by Gasteiger charge is 2.37. The van der Waals surface area contributed by atoms with Gasteiger partial charge in [-0.2, -0.15) is 0 Å². The lowest BCUT2D eigenvalue weighted by Crippen LogP contribution is -2.32. The van der Waals surface area contributed by atoms with E-state index in [2.05, 4.69) is 26.1 Å². The molecule has 1 aromatic heterocycles. The number of aryl methyl sites for hydroxylation is 1. The fourth-order valence-electron chi connectivity index (χ4n) is 3.08. The Morgan fingerprint density at radius 3 is 2.30 bits per heavy atom. The second-order valence-electron chi connectivity index (χ2n) is 5.70. The quantitative estimate of drug-likeness (QED) is 0.852. The van der Waals surface area contributed by atoms with E-state index in [4.69, 9.17) is 14.7 Å². The Bertz CT molecular complexity index is 451. The van der Waals surface area contributed by atoms with Gasteiger partial charge in [0.1, 0.15) is 11.4 Å². The minimum absolute atomic E-state index is 0.282. The fourth-order valence-corrected chi connectivity index (χ4v) is 3.08. The number of ether oxygens (including phenoxy) is 1. The third-order valence-electron chi connectivity index (χ3n) is 4.37. The zero-order valence-electron chi connectivity index (χ0n) is 13.3. The molecular weight excluding hydrogens is 250 g/mol. The fraction of sp³-hybridized carbons (Fsp3) is 0.750. The van der Waals surface area contributed by atoms with Crippen LogP contribution in [0.5, 0.6) is 0 Å². The van der Waals surface area contributed by atoms with Crippen molar-refractivity contribution in [1.82, 2.24) is 9.97 Å². The van der Waals surface area contributed by atoms with E-state index < -0.39 is 0 Å². The molecule has 1 heterocycles. The van der Waals surface area contributed by atoms with Crippen molar-refractivity contribution in [1.29, 1.82) is 0 Å². The lowest BCUT2D eigenvalue weighted by atomic mass is 9.92. The summed E-state index contributed by atoms with van der Waals surface area (Å²) in [7, 11) is 1.92. The average Bonchev–Trinajstić information content (AvgIpc) is 2.68. The van der Waals surface area contributed by atoms with Crippen LogP contribution in [0.4, 0.5) is 5.82 Å². The van der Waals surface area contributed by atoms with Gasteiger partial charge in [-0.05, 0) is 33.6 Å². The Kier molecular flexibility index (Phi) is 4.97. The van der Waals surface area contributed by atoms with Crippen LogP contribution in [0.1, 0.15) is 62.5 Å². The molecule has 2 rings (SSSR count). The van der Waals surface area contributed by atoms with Gasteiger partial charge in [0, 0.05) is 24.9 Å². The summed E-state index contributed by atoms with van der Waals surface area (Å²) in [6, 6.07) is 0. The largest absolute Gasteiger partial charge is 0.373 e. The van der Waals surface area contributed by atoms with Crippen LogP contribution in [-0.2, 0) is 10.3 Å². The molecule has 1 fully saturated rings. The molecule has 0 aliphatic heterocycles. The molecule has 112 valence electrons. The molecule has 1 N–H and O–H groups in total.